The topological polar surface area (TPSA) is 64.1 Å². The maximum Gasteiger partial charge on any atom is 0.271 e. The molecule has 0 unspecified atom stereocenters. The Morgan fingerprint density at radius 1 is 1.47 bits per heavy atom. The highest BCUT2D eigenvalue weighted by atomic mass is 32.1. The Labute approximate surface area is 115 Å². The molecule has 5 nitrogen and oxygen atoms in total. The molecular formula is C13H15N3O2S. The number of nitrogens with zero attached hydrogens (tertiary/aromatic N) is 2. The van der Waals surface area contributed by atoms with Crippen LogP contribution < -0.4 is 10.1 Å². The molecule has 0 radical (unpaired) electrons. The molecule has 0 bridgehead atoms. The molecule has 1 N–H and O–H groups in total. The van der Waals surface area contributed by atoms with E-state index in [2.05, 4.69) is 15.3 Å². The zero-order valence-corrected chi connectivity index (χ0v) is 11.4. The maximum atomic E-state index is 11.8. The Bertz CT molecular complexity index is 528. The first-order chi connectivity index (χ1) is 9.31. The average molecular weight is 277 g/mol. The first-order valence-electron chi connectivity index (χ1n) is 6.04. The summed E-state index contributed by atoms with van der Waals surface area (Å²) in [5.41, 5.74) is 2.93. The number of hydrogen-bond acceptors (Lipinski definition) is 5. The van der Waals surface area contributed by atoms with Gasteiger partial charge in [-0.15, -0.1) is 11.3 Å². The minimum Gasteiger partial charge on any atom is -0.477 e. The lowest BCUT2D eigenvalue weighted by molar-refractivity contribution is 0.0946. The highest BCUT2D eigenvalue weighted by Crippen LogP contribution is 2.14. The molecule has 19 heavy (non-hydrogen) atoms. The van der Waals surface area contributed by atoms with Gasteiger partial charge >= 0.3 is 0 Å². The normalized spacial score (nSPS) is 10.2. The molecule has 2 heterocycles. The third-order valence-corrected chi connectivity index (χ3v) is 2.98. The van der Waals surface area contributed by atoms with Gasteiger partial charge in [-0.1, -0.05) is 13.0 Å². The van der Waals surface area contributed by atoms with Crippen molar-refractivity contribution < 1.29 is 9.53 Å². The molecule has 2 aromatic rings. The van der Waals surface area contributed by atoms with Gasteiger partial charge in [0.2, 0.25) is 5.88 Å². The van der Waals surface area contributed by atoms with Crippen LogP contribution in [0.4, 0.5) is 0 Å². The van der Waals surface area contributed by atoms with E-state index in [4.69, 9.17) is 4.74 Å². The second kappa shape index (κ2) is 6.84. The van der Waals surface area contributed by atoms with Gasteiger partial charge in [-0.2, -0.15) is 0 Å². The van der Waals surface area contributed by atoms with E-state index in [0.717, 1.165) is 12.0 Å². The number of carbonyl (C=O) groups is 1. The molecule has 0 aromatic carbocycles. The molecule has 100 valence electrons. The lowest BCUT2D eigenvalue weighted by Gasteiger charge is -2.09. The van der Waals surface area contributed by atoms with E-state index in [9.17, 15) is 4.79 Å². The molecule has 0 saturated carbocycles. The fourth-order valence-electron chi connectivity index (χ4n) is 1.48. The Hall–Kier alpha value is -1.95. The Morgan fingerprint density at radius 2 is 2.37 bits per heavy atom. The number of aromatic nitrogens is 2. The van der Waals surface area contributed by atoms with Crippen molar-refractivity contribution in [3.63, 3.8) is 0 Å². The number of amides is 1. The third-order valence-electron chi connectivity index (χ3n) is 2.40. The first kappa shape index (κ1) is 13.5. The summed E-state index contributed by atoms with van der Waals surface area (Å²) >= 11 is 1.39. The molecule has 0 saturated heterocycles. The first-order valence-corrected chi connectivity index (χ1v) is 6.98. The van der Waals surface area contributed by atoms with E-state index in [0.29, 0.717) is 24.7 Å². The van der Waals surface area contributed by atoms with Gasteiger partial charge in [0.05, 0.1) is 12.1 Å². The van der Waals surface area contributed by atoms with Gasteiger partial charge in [0.1, 0.15) is 5.69 Å². The minimum absolute atomic E-state index is 0.188. The second-order valence-electron chi connectivity index (χ2n) is 3.87. The van der Waals surface area contributed by atoms with Crippen molar-refractivity contribution in [3.05, 3.63) is 40.5 Å². The zero-order valence-electron chi connectivity index (χ0n) is 10.6. The van der Waals surface area contributed by atoms with Crippen LogP contribution in [-0.4, -0.2) is 22.5 Å². The lowest BCUT2D eigenvalue weighted by atomic mass is 10.2. The van der Waals surface area contributed by atoms with Crippen LogP contribution >= 0.6 is 11.3 Å². The summed E-state index contributed by atoms with van der Waals surface area (Å²) in [4.78, 5) is 19.9. The van der Waals surface area contributed by atoms with Gasteiger partial charge in [0, 0.05) is 23.7 Å². The molecule has 1 amide bonds. The van der Waals surface area contributed by atoms with E-state index in [1.165, 1.54) is 11.3 Å². The van der Waals surface area contributed by atoms with E-state index in [1.54, 1.807) is 17.1 Å². The van der Waals surface area contributed by atoms with Crippen LogP contribution in [0.25, 0.3) is 0 Å². The number of pyridine rings is 1. The van der Waals surface area contributed by atoms with Gasteiger partial charge in [-0.05, 0) is 12.5 Å². The third kappa shape index (κ3) is 3.75. The number of ether oxygens (including phenoxy) is 1. The number of carbonyl (C=O) groups excluding carboxylic acids is 1. The Balaban J connectivity index is 1.97. The molecule has 2 rings (SSSR count). The van der Waals surface area contributed by atoms with Crippen LogP contribution in [0.2, 0.25) is 0 Å². The fraction of sp³-hybridized carbons (Fsp3) is 0.308. The molecule has 2 aromatic heterocycles. The van der Waals surface area contributed by atoms with Crippen LogP contribution in [0.3, 0.4) is 0 Å². The van der Waals surface area contributed by atoms with Crippen LogP contribution in [0.15, 0.2) is 29.2 Å². The molecule has 0 fully saturated rings. The van der Waals surface area contributed by atoms with Crippen LogP contribution in [0.5, 0.6) is 5.88 Å². The highest BCUT2D eigenvalue weighted by Gasteiger charge is 2.09. The summed E-state index contributed by atoms with van der Waals surface area (Å²) in [7, 11) is 0. The molecular weight excluding hydrogens is 262 g/mol. The Kier molecular flexibility index (Phi) is 4.85. The Morgan fingerprint density at radius 3 is 3.11 bits per heavy atom. The van der Waals surface area contributed by atoms with Gasteiger partial charge in [0.15, 0.2) is 0 Å². The maximum absolute atomic E-state index is 11.8. The van der Waals surface area contributed by atoms with Gasteiger partial charge < -0.3 is 10.1 Å². The summed E-state index contributed by atoms with van der Waals surface area (Å²) in [6, 6.07) is 3.71. The number of rotatable bonds is 6. The summed E-state index contributed by atoms with van der Waals surface area (Å²) in [6.07, 6.45) is 2.60. The predicted octanol–water partition coefficient (Wildman–Crippen LogP) is 2.26. The predicted molar refractivity (Wildman–Crippen MR) is 73.3 cm³/mol. The van der Waals surface area contributed by atoms with Crippen molar-refractivity contribution in [1.82, 2.24) is 15.3 Å². The molecule has 0 aliphatic carbocycles. The lowest BCUT2D eigenvalue weighted by Crippen LogP contribution is -2.23. The largest absolute Gasteiger partial charge is 0.477 e. The highest BCUT2D eigenvalue weighted by molar-refractivity contribution is 7.07. The van der Waals surface area contributed by atoms with E-state index in [1.807, 2.05) is 19.1 Å². The number of nitrogens with one attached hydrogen (secondary N) is 1. The molecule has 6 heteroatoms. The molecule has 0 aliphatic rings. The summed E-state index contributed by atoms with van der Waals surface area (Å²) in [6.45, 7) is 3.03. The molecule has 0 atom stereocenters. The zero-order chi connectivity index (χ0) is 13.5. The number of thiazole rings is 1. The smallest absolute Gasteiger partial charge is 0.271 e. The monoisotopic (exact) mass is 277 g/mol. The van der Waals surface area contributed by atoms with E-state index < -0.39 is 0 Å². The summed E-state index contributed by atoms with van der Waals surface area (Å²) in [5.74, 6) is 0.384. The molecule has 0 aliphatic heterocycles. The average Bonchev–Trinajstić information content (AvgIpc) is 2.97. The van der Waals surface area contributed by atoms with Gasteiger partial charge in [-0.25, -0.2) is 9.97 Å². The van der Waals surface area contributed by atoms with Crippen molar-refractivity contribution in [3.8, 4) is 5.88 Å². The summed E-state index contributed by atoms with van der Waals surface area (Å²) < 4.78 is 5.53. The standard InChI is InChI=1S/C13H15N3O2S/c1-2-6-18-13-10(4-3-5-14-13)7-15-12(17)11-8-19-9-16-11/h3-5,8-9H,2,6-7H2,1H3,(H,15,17). The SMILES string of the molecule is CCCOc1ncccc1CNC(=O)c1cscn1. The molecule has 0 spiro atoms. The summed E-state index contributed by atoms with van der Waals surface area (Å²) in [5, 5.41) is 4.52. The van der Waals surface area contributed by atoms with Crippen molar-refractivity contribution in [2.75, 3.05) is 6.61 Å². The minimum atomic E-state index is -0.188. The van der Waals surface area contributed by atoms with Crippen LogP contribution in [-0.2, 0) is 6.54 Å². The van der Waals surface area contributed by atoms with Gasteiger partial charge in [-0.3, -0.25) is 4.79 Å². The second-order valence-corrected chi connectivity index (χ2v) is 4.59. The van der Waals surface area contributed by atoms with Crippen molar-refractivity contribution in [1.29, 1.82) is 0 Å². The van der Waals surface area contributed by atoms with E-state index in [-0.39, 0.29) is 5.91 Å². The number of hydrogen-bond donors (Lipinski definition) is 1. The van der Waals surface area contributed by atoms with Crippen molar-refractivity contribution in [2.45, 2.75) is 19.9 Å². The fourth-order valence-corrected chi connectivity index (χ4v) is 2.01. The van der Waals surface area contributed by atoms with Gasteiger partial charge in [0.25, 0.3) is 5.91 Å². The van der Waals surface area contributed by atoms with Crippen molar-refractivity contribution in [2.24, 2.45) is 0 Å². The van der Waals surface area contributed by atoms with E-state index >= 15 is 0 Å². The quantitative estimate of drug-likeness (QED) is 0.879. The van der Waals surface area contributed by atoms with Crippen molar-refractivity contribution >= 4 is 17.2 Å². The van der Waals surface area contributed by atoms with Crippen LogP contribution in [0, 0.1) is 0 Å². The van der Waals surface area contributed by atoms with Crippen LogP contribution in [0.1, 0.15) is 29.4 Å².